The van der Waals surface area contributed by atoms with Crippen molar-refractivity contribution in [2.24, 2.45) is 0 Å². The van der Waals surface area contributed by atoms with E-state index < -0.39 is 0 Å². The number of aryl methyl sites for hydroxylation is 2. The van der Waals surface area contributed by atoms with Crippen LogP contribution in [0.15, 0.2) is 53.9 Å². The van der Waals surface area contributed by atoms with E-state index in [4.69, 9.17) is 0 Å². The van der Waals surface area contributed by atoms with Crippen LogP contribution in [0, 0.1) is 6.92 Å². The molecule has 1 aliphatic rings. The van der Waals surface area contributed by atoms with Gasteiger partial charge in [-0.2, -0.15) is 0 Å². The van der Waals surface area contributed by atoms with Crippen molar-refractivity contribution in [1.82, 2.24) is 9.88 Å². The highest BCUT2D eigenvalue weighted by molar-refractivity contribution is 7.09. The minimum absolute atomic E-state index is 0.00786. The molecule has 138 valence electrons. The summed E-state index contributed by atoms with van der Waals surface area (Å²) in [6.07, 6.45) is 2.16. The number of nitrogens with one attached hydrogen (secondary N) is 1. The van der Waals surface area contributed by atoms with Crippen LogP contribution >= 0.6 is 11.3 Å². The maximum Gasteiger partial charge on any atom is 0.238 e. The lowest BCUT2D eigenvalue weighted by molar-refractivity contribution is -0.117. The molecule has 0 bridgehead atoms. The van der Waals surface area contributed by atoms with Gasteiger partial charge in [-0.15, -0.1) is 11.3 Å². The third-order valence-corrected chi connectivity index (χ3v) is 5.86. The Balaban J connectivity index is 1.41. The van der Waals surface area contributed by atoms with E-state index in [2.05, 4.69) is 39.5 Å². The lowest BCUT2D eigenvalue weighted by atomic mass is 10.1. The van der Waals surface area contributed by atoms with Crippen LogP contribution in [0.3, 0.4) is 0 Å². The van der Waals surface area contributed by atoms with Crippen molar-refractivity contribution < 1.29 is 4.79 Å². The number of fused-ring (bicyclic) bond motifs is 1. The number of nitrogens with zero attached hydrogens (tertiary/aromatic N) is 2. The Morgan fingerprint density at radius 3 is 2.93 bits per heavy atom. The molecule has 4 rings (SSSR count). The maximum absolute atomic E-state index is 12.6. The Morgan fingerprint density at radius 2 is 2.11 bits per heavy atom. The number of aromatic nitrogens is 1. The first-order valence-electron chi connectivity index (χ1n) is 9.20. The molecule has 0 spiro atoms. The number of hydrogen-bond donors (Lipinski definition) is 1. The van der Waals surface area contributed by atoms with Gasteiger partial charge in [0.25, 0.3) is 0 Å². The van der Waals surface area contributed by atoms with Crippen LogP contribution in [0.5, 0.6) is 0 Å². The van der Waals surface area contributed by atoms with Crippen LogP contribution in [0.25, 0.3) is 11.3 Å². The molecule has 0 saturated heterocycles. The number of thiazole rings is 1. The van der Waals surface area contributed by atoms with Crippen LogP contribution < -0.4 is 5.32 Å². The van der Waals surface area contributed by atoms with Crippen LogP contribution in [-0.2, 0) is 11.2 Å². The summed E-state index contributed by atoms with van der Waals surface area (Å²) in [5.41, 5.74) is 5.54. The fourth-order valence-corrected chi connectivity index (χ4v) is 4.40. The van der Waals surface area contributed by atoms with Gasteiger partial charge in [0, 0.05) is 22.7 Å². The van der Waals surface area contributed by atoms with Crippen LogP contribution in [0.2, 0.25) is 0 Å². The summed E-state index contributed by atoms with van der Waals surface area (Å²) in [5, 5.41) is 6.12. The van der Waals surface area contributed by atoms with Crippen molar-refractivity contribution in [1.29, 1.82) is 0 Å². The molecular weight excluding hydrogens is 354 g/mol. The van der Waals surface area contributed by atoms with Gasteiger partial charge < -0.3 is 5.32 Å². The van der Waals surface area contributed by atoms with Gasteiger partial charge in [0.1, 0.15) is 0 Å². The summed E-state index contributed by atoms with van der Waals surface area (Å²) >= 11 is 1.63. The average Bonchev–Trinajstić information content (AvgIpc) is 3.28. The van der Waals surface area contributed by atoms with Gasteiger partial charge >= 0.3 is 0 Å². The van der Waals surface area contributed by atoms with E-state index in [1.54, 1.807) is 11.3 Å². The van der Waals surface area contributed by atoms with E-state index in [1.807, 2.05) is 43.6 Å². The summed E-state index contributed by atoms with van der Waals surface area (Å²) in [5.74, 6) is 0.00786. The van der Waals surface area contributed by atoms with Gasteiger partial charge in [-0.05, 0) is 50.1 Å². The Bertz CT molecular complexity index is 965. The Labute approximate surface area is 163 Å². The number of amides is 1. The highest BCUT2D eigenvalue weighted by Gasteiger charge is 2.26. The van der Waals surface area contributed by atoms with Crippen molar-refractivity contribution >= 4 is 22.9 Å². The molecule has 0 radical (unpaired) electrons. The lowest BCUT2D eigenvalue weighted by Crippen LogP contribution is -2.32. The number of carbonyl (C=O) groups excluding carboxylic acids is 1. The van der Waals surface area contributed by atoms with Crippen molar-refractivity contribution in [2.75, 3.05) is 18.9 Å². The Hall–Kier alpha value is -2.50. The zero-order valence-electron chi connectivity index (χ0n) is 15.6. The molecule has 5 heteroatoms. The molecule has 0 fully saturated rings. The first-order valence-corrected chi connectivity index (χ1v) is 10.1. The van der Waals surface area contributed by atoms with E-state index in [-0.39, 0.29) is 5.91 Å². The SMILES string of the molecule is Cc1nc(-c2cccc(NC(=O)CN(C)[C@H]3CCc4ccccc43)c2)cs1. The van der Waals surface area contributed by atoms with E-state index in [0.717, 1.165) is 34.8 Å². The standard InChI is InChI=1S/C22H23N3OS/c1-15-23-20(14-27-15)17-7-5-8-18(12-17)24-22(26)13-25(2)21-11-10-16-6-3-4-9-19(16)21/h3-9,12,14,21H,10-11,13H2,1-2H3,(H,24,26)/t21-/m0/s1. The molecule has 0 saturated carbocycles. The molecule has 3 aromatic rings. The van der Waals surface area contributed by atoms with Crippen LogP contribution in [-0.4, -0.2) is 29.4 Å². The summed E-state index contributed by atoms with van der Waals surface area (Å²) in [4.78, 5) is 19.2. The zero-order chi connectivity index (χ0) is 18.8. The fraction of sp³-hybridized carbons (Fsp3) is 0.273. The monoisotopic (exact) mass is 377 g/mol. The second-order valence-corrected chi connectivity index (χ2v) is 8.11. The third kappa shape index (κ3) is 3.94. The minimum Gasteiger partial charge on any atom is -0.325 e. The maximum atomic E-state index is 12.6. The number of likely N-dealkylation sites (N-methyl/N-ethyl adjacent to an activating group) is 1. The molecule has 0 aliphatic heterocycles. The summed E-state index contributed by atoms with van der Waals surface area (Å²) in [6, 6.07) is 16.7. The highest BCUT2D eigenvalue weighted by Crippen LogP contribution is 2.34. The number of carbonyl (C=O) groups is 1. The lowest BCUT2D eigenvalue weighted by Gasteiger charge is -2.24. The first kappa shape index (κ1) is 17.9. The molecule has 1 atom stereocenters. The zero-order valence-corrected chi connectivity index (χ0v) is 16.4. The van der Waals surface area contributed by atoms with E-state index in [9.17, 15) is 4.79 Å². The number of hydrogen-bond acceptors (Lipinski definition) is 4. The summed E-state index contributed by atoms with van der Waals surface area (Å²) in [6.45, 7) is 2.37. The normalized spacial score (nSPS) is 15.7. The predicted octanol–water partition coefficient (Wildman–Crippen LogP) is 4.68. The minimum atomic E-state index is 0.00786. The average molecular weight is 378 g/mol. The van der Waals surface area contributed by atoms with Gasteiger partial charge in [-0.25, -0.2) is 4.98 Å². The van der Waals surface area contributed by atoms with Crippen LogP contribution in [0.1, 0.15) is 28.6 Å². The van der Waals surface area contributed by atoms with E-state index >= 15 is 0 Å². The third-order valence-electron chi connectivity index (χ3n) is 5.09. The predicted molar refractivity (Wildman–Crippen MR) is 111 cm³/mol. The van der Waals surface area contributed by atoms with E-state index in [1.165, 1.54) is 11.1 Å². The van der Waals surface area contributed by atoms with Crippen molar-refractivity contribution in [2.45, 2.75) is 25.8 Å². The molecule has 4 nitrogen and oxygen atoms in total. The van der Waals surface area contributed by atoms with Crippen molar-refractivity contribution in [3.63, 3.8) is 0 Å². The molecule has 27 heavy (non-hydrogen) atoms. The molecule has 0 unspecified atom stereocenters. The van der Waals surface area contributed by atoms with Gasteiger partial charge in [0.05, 0.1) is 17.2 Å². The van der Waals surface area contributed by atoms with Gasteiger partial charge in [0.15, 0.2) is 0 Å². The molecule has 1 aliphatic carbocycles. The van der Waals surface area contributed by atoms with Crippen molar-refractivity contribution in [3.8, 4) is 11.3 Å². The topological polar surface area (TPSA) is 45.2 Å². The number of anilines is 1. The Morgan fingerprint density at radius 1 is 1.26 bits per heavy atom. The van der Waals surface area contributed by atoms with Gasteiger partial charge in [-0.1, -0.05) is 36.4 Å². The number of rotatable bonds is 5. The van der Waals surface area contributed by atoms with E-state index in [0.29, 0.717) is 12.6 Å². The summed E-state index contributed by atoms with van der Waals surface area (Å²) in [7, 11) is 2.03. The quantitative estimate of drug-likeness (QED) is 0.702. The van der Waals surface area contributed by atoms with Gasteiger partial charge in [-0.3, -0.25) is 9.69 Å². The smallest absolute Gasteiger partial charge is 0.238 e. The Kier molecular flexibility index (Phi) is 5.05. The fourth-order valence-electron chi connectivity index (χ4n) is 3.78. The molecule has 1 amide bonds. The molecule has 1 N–H and O–H groups in total. The molecular formula is C22H23N3OS. The summed E-state index contributed by atoms with van der Waals surface area (Å²) < 4.78 is 0. The molecule has 1 aromatic heterocycles. The highest BCUT2D eigenvalue weighted by atomic mass is 32.1. The largest absolute Gasteiger partial charge is 0.325 e. The number of benzene rings is 2. The molecule has 2 aromatic carbocycles. The van der Waals surface area contributed by atoms with Gasteiger partial charge in [0.2, 0.25) is 5.91 Å². The molecule has 1 heterocycles. The van der Waals surface area contributed by atoms with Crippen LogP contribution in [0.4, 0.5) is 5.69 Å². The second kappa shape index (κ2) is 7.62. The first-order chi connectivity index (χ1) is 13.1. The second-order valence-electron chi connectivity index (χ2n) is 7.05. The van der Waals surface area contributed by atoms with Crippen molar-refractivity contribution in [3.05, 3.63) is 70.0 Å².